The maximum atomic E-state index is 10.3. The van der Waals surface area contributed by atoms with E-state index in [1.807, 2.05) is 0 Å². The molecular formula is C5H7NO3S2. The molecule has 6 heteroatoms. The SMILES string of the molecule is O=S(=O)(O)c1ccccn1.S. The van der Waals surface area contributed by atoms with E-state index in [-0.39, 0.29) is 18.5 Å². The Labute approximate surface area is 71.5 Å². The minimum absolute atomic E-state index is 0. The van der Waals surface area contributed by atoms with Gasteiger partial charge >= 0.3 is 10.1 Å². The average Bonchev–Trinajstić information content (AvgIpc) is 1.88. The van der Waals surface area contributed by atoms with E-state index in [0.717, 1.165) is 0 Å². The van der Waals surface area contributed by atoms with E-state index in [1.54, 1.807) is 6.07 Å². The second-order valence-corrected chi connectivity index (χ2v) is 3.01. The Morgan fingerprint density at radius 1 is 1.36 bits per heavy atom. The van der Waals surface area contributed by atoms with Crippen molar-refractivity contribution in [3.63, 3.8) is 0 Å². The quantitative estimate of drug-likeness (QED) is 0.657. The third-order valence-electron chi connectivity index (χ3n) is 0.902. The predicted octanol–water partition coefficient (Wildman–Crippen LogP) is 0.441. The molecule has 0 aromatic carbocycles. The summed E-state index contributed by atoms with van der Waals surface area (Å²) in [4.78, 5) is 3.41. The molecule has 1 heterocycles. The molecule has 0 aliphatic carbocycles. The molecule has 0 aliphatic heterocycles. The van der Waals surface area contributed by atoms with Gasteiger partial charge in [-0.2, -0.15) is 21.9 Å². The highest BCUT2D eigenvalue weighted by molar-refractivity contribution is 7.85. The highest BCUT2D eigenvalue weighted by Gasteiger charge is 2.07. The molecule has 0 aliphatic rings. The molecular weight excluding hydrogens is 186 g/mol. The van der Waals surface area contributed by atoms with E-state index in [0.29, 0.717) is 0 Å². The highest BCUT2D eigenvalue weighted by Crippen LogP contribution is 2.00. The lowest BCUT2D eigenvalue weighted by Crippen LogP contribution is -1.99. The summed E-state index contributed by atoms with van der Waals surface area (Å²) in [5.74, 6) is 0. The smallest absolute Gasteiger partial charge is 0.281 e. The van der Waals surface area contributed by atoms with Crippen LogP contribution in [0.3, 0.4) is 0 Å². The van der Waals surface area contributed by atoms with Crippen molar-refractivity contribution in [2.45, 2.75) is 5.03 Å². The van der Waals surface area contributed by atoms with E-state index in [9.17, 15) is 8.42 Å². The van der Waals surface area contributed by atoms with Gasteiger partial charge in [-0.15, -0.1) is 0 Å². The predicted molar refractivity (Wildman–Crippen MR) is 44.4 cm³/mol. The summed E-state index contributed by atoms with van der Waals surface area (Å²) in [6.07, 6.45) is 1.29. The molecule has 0 fully saturated rings. The fraction of sp³-hybridized carbons (Fsp3) is 0. The van der Waals surface area contributed by atoms with Crippen LogP contribution in [0.4, 0.5) is 0 Å². The van der Waals surface area contributed by atoms with E-state index in [4.69, 9.17) is 4.55 Å². The van der Waals surface area contributed by atoms with Gasteiger partial charge < -0.3 is 0 Å². The normalized spacial score (nSPS) is 10.3. The van der Waals surface area contributed by atoms with Crippen molar-refractivity contribution >= 4 is 23.6 Å². The fourth-order valence-electron chi connectivity index (χ4n) is 0.500. The Hall–Kier alpha value is -0.590. The first-order valence-electron chi connectivity index (χ1n) is 2.49. The lowest BCUT2D eigenvalue weighted by Gasteiger charge is -1.91. The molecule has 0 saturated carbocycles. The van der Waals surface area contributed by atoms with Crippen LogP contribution in [0.15, 0.2) is 29.4 Å². The molecule has 0 atom stereocenters. The second kappa shape index (κ2) is 3.70. The first-order chi connectivity index (χ1) is 4.61. The van der Waals surface area contributed by atoms with Crippen LogP contribution < -0.4 is 0 Å². The molecule has 0 radical (unpaired) electrons. The second-order valence-electron chi connectivity index (χ2n) is 1.64. The van der Waals surface area contributed by atoms with Gasteiger partial charge in [0.1, 0.15) is 0 Å². The molecule has 4 nitrogen and oxygen atoms in total. The minimum atomic E-state index is -4.11. The lowest BCUT2D eigenvalue weighted by molar-refractivity contribution is 0.479. The summed E-state index contributed by atoms with van der Waals surface area (Å²) in [7, 11) is -4.11. The summed E-state index contributed by atoms with van der Waals surface area (Å²) >= 11 is 0. The average molecular weight is 193 g/mol. The van der Waals surface area contributed by atoms with Crippen molar-refractivity contribution in [2.75, 3.05) is 0 Å². The summed E-state index contributed by atoms with van der Waals surface area (Å²) in [6.45, 7) is 0. The Morgan fingerprint density at radius 3 is 2.27 bits per heavy atom. The number of aromatic nitrogens is 1. The van der Waals surface area contributed by atoms with Gasteiger partial charge in [0.25, 0.3) is 0 Å². The van der Waals surface area contributed by atoms with Gasteiger partial charge in [0, 0.05) is 6.20 Å². The molecule has 11 heavy (non-hydrogen) atoms. The number of hydrogen-bond acceptors (Lipinski definition) is 3. The van der Waals surface area contributed by atoms with E-state index in [1.165, 1.54) is 18.3 Å². The molecule has 1 rings (SSSR count). The van der Waals surface area contributed by atoms with Crippen LogP contribution in [0.1, 0.15) is 0 Å². The van der Waals surface area contributed by atoms with Crippen molar-refractivity contribution in [3.05, 3.63) is 24.4 Å². The summed E-state index contributed by atoms with van der Waals surface area (Å²) in [5.41, 5.74) is 0. The summed E-state index contributed by atoms with van der Waals surface area (Å²) < 4.78 is 29.1. The van der Waals surface area contributed by atoms with Gasteiger partial charge in [-0.25, -0.2) is 4.98 Å². The van der Waals surface area contributed by atoms with Crippen LogP contribution in [0, 0.1) is 0 Å². The molecule has 1 aromatic rings. The van der Waals surface area contributed by atoms with E-state index < -0.39 is 10.1 Å². The largest absolute Gasteiger partial charge is 0.312 e. The van der Waals surface area contributed by atoms with E-state index in [2.05, 4.69) is 4.98 Å². The Bertz CT molecular complexity index is 308. The number of pyridine rings is 1. The zero-order valence-electron chi connectivity index (χ0n) is 5.43. The van der Waals surface area contributed by atoms with Crippen molar-refractivity contribution in [1.29, 1.82) is 0 Å². The van der Waals surface area contributed by atoms with Gasteiger partial charge in [0.15, 0.2) is 5.03 Å². The molecule has 1 N–H and O–H groups in total. The van der Waals surface area contributed by atoms with Crippen LogP contribution >= 0.6 is 13.5 Å². The Morgan fingerprint density at radius 2 is 2.00 bits per heavy atom. The third kappa shape index (κ3) is 2.87. The van der Waals surface area contributed by atoms with Crippen LogP contribution in [-0.2, 0) is 10.1 Å². The maximum Gasteiger partial charge on any atom is 0.312 e. The van der Waals surface area contributed by atoms with Crippen molar-refractivity contribution in [1.82, 2.24) is 4.98 Å². The first kappa shape index (κ1) is 10.4. The van der Waals surface area contributed by atoms with Gasteiger partial charge in [-0.1, -0.05) is 6.07 Å². The first-order valence-corrected chi connectivity index (χ1v) is 3.93. The topological polar surface area (TPSA) is 67.3 Å². The summed E-state index contributed by atoms with van der Waals surface area (Å²) in [6, 6.07) is 4.26. The van der Waals surface area contributed by atoms with Crippen LogP contribution in [0.5, 0.6) is 0 Å². The monoisotopic (exact) mass is 193 g/mol. The number of hydrogen-bond donors (Lipinski definition) is 1. The Kier molecular flexibility index (Phi) is 3.50. The third-order valence-corrected chi connectivity index (χ3v) is 1.67. The maximum absolute atomic E-state index is 10.3. The molecule has 1 aromatic heterocycles. The molecule has 62 valence electrons. The molecule has 0 bridgehead atoms. The minimum Gasteiger partial charge on any atom is -0.281 e. The van der Waals surface area contributed by atoms with Gasteiger partial charge in [0.2, 0.25) is 0 Å². The van der Waals surface area contributed by atoms with Crippen LogP contribution in [0.2, 0.25) is 0 Å². The zero-order valence-corrected chi connectivity index (χ0v) is 7.25. The summed E-state index contributed by atoms with van der Waals surface area (Å²) in [5, 5.41) is -0.324. The Balaban J connectivity index is 0.000001000. The number of rotatable bonds is 1. The van der Waals surface area contributed by atoms with Gasteiger partial charge in [-0.3, -0.25) is 4.55 Å². The molecule has 0 saturated heterocycles. The van der Waals surface area contributed by atoms with Crippen LogP contribution in [-0.4, -0.2) is 18.0 Å². The lowest BCUT2D eigenvalue weighted by atomic mass is 10.5. The van der Waals surface area contributed by atoms with Gasteiger partial charge in [0.05, 0.1) is 0 Å². The van der Waals surface area contributed by atoms with Crippen molar-refractivity contribution in [3.8, 4) is 0 Å². The van der Waals surface area contributed by atoms with Crippen LogP contribution in [0.25, 0.3) is 0 Å². The van der Waals surface area contributed by atoms with Crippen molar-refractivity contribution in [2.24, 2.45) is 0 Å². The van der Waals surface area contributed by atoms with Crippen molar-refractivity contribution < 1.29 is 13.0 Å². The van der Waals surface area contributed by atoms with E-state index >= 15 is 0 Å². The molecule has 0 spiro atoms. The van der Waals surface area contributed by atoms with Gasteiger partial charge in [-0.05, 0) is 12.1 Å². The zero-order chi connectivity index (χ0) is 7.61. The number of nitrogens with zero attached hydrogens (tertiary/aromatic N) is 1. The molecule has 0 amide bonds. The molecule has 0 unspecified atom stereocenters. The standard InChI is InChI=1S/C5H5NO3S.H2S/c7-10(8,9)5-3-1-2-4-6-5;/h1-4H,(H,7,8,9);1H2. The fourth-order valence-corrected chi connectivity index (χ4v) is 0.944. The highest BCUT2D eigenvalue weighted by atomic mass is 32.2.